The summed E-state index contributed by atoms with van der Waals surface area (Å²) >= 11 is 0. The van der Waals surface area contributed by atoms with Crippen molar-refractivity contribution in [2.75, 3.05) is 0 Å². The van der Waals surface area contributed by atoms with Crippen molar-refractivity contribution in [1.29, 1.82) is 0 Å². The summed E-state index contributed by atoms with van der Waals surface area (Å²) in [6.07, 6.45) is 6.08. The SMILES string of the molecule is C=CCCC[C@@H](N)C[C@H](C)O[Si](c1ccccc1)(c1ccccc1)C(C)(C)C. The molecule has 2 rings (SSSR count). The Kier molecular flexibility index (Phi) is 8.23. The van der Waals surface area contributed by atoms with Crippen LogP contribution in [0.3, 0.4) is 0 Å². The zero-order chi connectivity index (χ0) is 20.6. The summed E-state index contributed by atoms with van der Waals surface area (Å²) in [5, 5.41) is 2.64. The minimum absolute atomic E-state index is 0.00307. The molecule has 0 spiro atoms. The average molecular weight is 396 g/mol. The van der Waals surface area contributed by atoms with Crippen LogP contribution >= 0.6 is 0 Å². The number of nitrogens with two attached hydrogens (primary N) is 1. The van der Waals surface area contributed by atoms with E-state index in [1.54, 1.807) is 0 Å². The van der Waals surface area contributed by atoms with Crippen molar-refractivity contribution in [1.82, 2.24) is 0 Å². The largest absolute Gasteiger partial charge is 0.405 e. The molecule has 0 radical (unpaired) electrons. The predicted octanol–water partition coefficient (Wildman–Crippen LogP) is 5.03. The van der Waals surface area contributed by atoms with Crippen LogP contribution in [0.1, 0.15) is 53.4 Å². The van der Waals surface area contributed by atoms with Crippen molar-refractivity contribution < 1.29 is 4.43 Å². The van der Waals surface area contributed by atoms with Gasteiger partial charge in [-0.15, -0.1) is 6.58 Å². The van der Waals surface area contributed by atoms with Crippen molar-refractivity contribution in [2.45, 2.75) is 70.6 Å². The first kappa shape index (κ1) is 22.6. The molecule has 2 nitrogen and oxygen atoms in total. The minimum atomic E-state index is -2.49. The second-order valence-electron chi connectivity index (χ2n) is 8.81. The van der Waals surface area contributed by atoms with E-state index >= 15 is 0 Å². The Morgan fingerprint density at radius 3 is 1.93 bits per heavy atom. The Bertz CT molecular complexity index is 669. The van der Waals surface area contributed by atoms with Gasteiger partial charge in [0.1, 0.15) is 0 Å². The molecule has 0 aromatic heterocycles. The summed E-state index contributed by atoms with van der Waals surface area (Å²) < 4.78 is 7.09. The summed E-state index contributed by atoms with van der Waals surface area (Å²) in [5.41, 5.74) is 6.42. The maximum atomic E-state index is 7.09. The molecule has 0 bridgehead atoms. The number of rotatable bonds is 10. The molecule has 0 fully saturated rings. The van der Waals surface area contributed by atoms with E-state index in [-0.39, 0.29) is 17.2 Å². The molecule has 152 valence electrons. The van der Waals surface area contributed by atoms with E-state index < -0.39 is 8.32 Å². The van der Waals surface area contributed by atoms with Crippen LogP contribution in [-0.4, -0.2) is 20.5 Å². The van der Waals surface area contributed by atoms with Crippen LogP contribution in [0.2, 0.25) is 5.04 Å². The zero-order valence-electron chi connectivity index (χ0n) is 18.0. The molecule has 0 saturated carbocycles. The Morgan fingerprint density at radius 1 is 1.00 bits per heavy atom. The number of allylic oxidation sites excluding steroid dienone is 1. The molecule has 2 atom stereocenters. The number of hydrogen-bond acceptors (Lipinski definition) is 2. The van der Waals surface area contributed by atoms with E-state index in [1.165, 1.54) is 10.4 Å². The van der Waals surface area contributed by atoms with Crippen LogP contribution in [-0.2, 0) is 4.43 Å². The fourth-order valence-electron chi connectivity index (χ4n) is 4.11. The first-order valence-corrected chi connectivity index (χ1v) is 12.4. The summed E-state index contributed by atoms with van der Waals surface area (Å²) in [7, 11) is -2.49. The van der Waals surface area contributed by atoms with Crippen LogP contribution in [0.25, 0.3) is 0 Å². The lowest BCUT2D eigenvalue weighted by atomic mass is 10.0. The maximum Gasteiger partial charge on any atom is 0.261 e. The van der Waals surface area contributed by atoms with Gasteiger partial charge >= 0.3 is 0 Å². The van der Waals surface area contributed by atoms with Gasteiger partial charge in [-0.1, -0.05) is 87.5 Å². The normalized spacial score (nSPS) is 14.5. The molecular formula is C25H37NOSi. The van der Waals surface area contributed by atoms with Gasteiger partial charge in [-0.05, 0) is 48.0 Å². The Balaban J connectivity index is 2.37. The summed E-state index contributed by atoms with van der Waals surface area (Å²) in [6, 6.07) is 21.8. The Labute approximate surface area is 173 Å². The molecular weight excluding hydrogens is 358 g/mol. The van der Waals surface area contributed by atoms with Gasteiger partial charge in [0.25, 0.3) is 8.32 Å². The minimum Gasteiger partial charge on any atom is -0.405 e. The van der Waals surface area contributed by atoms with E-state index in [1.807, 2.05) is 6.08 Å². The fraction of sp³-hybridized carbons (Fsp3) is 0.440. The predicted molar refractivity (Wildman–Crippen MR) is 125 cm³/mol. The monoisotopic (exact) mass is 395 g/mol. The van der Waals surface area contributed by atoms with Crippen LogP contribution in [0, 0.1) is 0 Å². The van der Waals surface area contributed by atoms with Gasteiger partial charge in [0.15, 0.2) is 0 Å². The zero-order valence-corrected chi connectivity index (χ0v) is 19.0. The van der Waals surface area contributed by atoms with E-state index in [0.717, 1.165) is 25.7 Å². The Morgan fingerprint density at radius 2 is 1.50 bits per heavy atom. The first-order valence-electron chi connectivity index (χ1n) is 10.5. The van der Waals surface area contributed by atoms with Crippen LogP contribution in [0.15, 0.2) is 73.3 Å². The van der Waals surface area contributed by atoms with Gasteiger partial charge in [-0.25, -0.2) is 0 Å². The molecule has 3 heteroatoms. The van der Waals surface area contributed by atoms with Gasteiger partial charge in [0, 0.05) is 12.1 Å². The molecule has 0 aliphatic carbocycles. The highest BCUT2D eigenvalue weighted by Crippen LogP contribution is 2.37. The second kappa shape index (κ2) is 10.2. The van der Waals surface area contributed by atoms with Gasteiger partial charge < -0.3 is 10.2 Å². The standard InChI is InChI=1S/C25H37NOSi/c1-6-7-10-15-22(26)20-21(2)27-28(25(3,4)5,23-16-11-8-12-17-23)24-18-13-9-14-19-24/h6,8-9,11-14,16-19,21-22H,1,7,10,15,20,26H2,2-5H3/t21-,22+/m0/s1. The van der Waals surface area contributed by atoms with Gasteiger partial charge in [0.05, 0.1) is 0 Å². The highest BCUT2D eigenvalue weighted by atomic mass is 28.4. The quantitative estimate of drug-likeness (QED) is 0.348. The smallest absolute Gasteiger partial charge is 0.261 e. The molecule has 0 aliphatic heterocycles. The van der Waals surface area contributed by atoms with E-state index in [0.29, 0.717) is 0 Å². The van der Waals surface area contributed by atoms with Gasteiger partial charge in [-0.3, -0.25) is 0 Å². The average Bonchev–Trinajstić information content (AvgIpc) is 2.66. The van der Waals surface area contributed by atoms with Crippen LogP contribution in [0.4, 0.5) is 0 Å². The lowest BCUT2D eigenvalue weighted by molar-refractivity contribution is 0.184. The molecule has 28 heavy (non-hydrogen) atoms. The molecule has 2 aromatic carbocycles. The highest BCUT2D eigenvalue weighted by molar-refractivity contribution is 6.99. The number of hydrogen-bond donors (Lipinski definition) is 1. The molecule has 0 aliphatic rings. The van der Waals surface area contributed by atoms with E-state index in [2.05, 4.69) is 94.9 Å². The van der Waals surface area contributed by atoms with Crippen molar-refractivity contribution in [2.24, 2.45) is 5.73 Å². The molecule has 2 N–H and O–H groups in total. The van der Waals surface area contributed by atoms with Crippen molar-refractivity contribution in [3.05, 3.63) is 73.3 Å². The topological polar surface area (TPSA) is 35.2 Å². The molecule has 2 aromatic rings. The second-order valence-corrected chi connectivity index (χ2v) is 13.1. The molecule has 0 amide bonds. The van der Waals surface area contributed by atoms with E-state index in [4.69, 9.17) is 10.2 Å². The third kappa shape index (κ3) is 5.44. The summed E-state index contributed by atoms with van der Waals surface area (Å²) in [5.74, 6) is 0. The van der Waals surface area contributed by atoms with Gasteiger partial charge in [0.2, 0.25) is 0 Å². The Hall–Kier alpha value is -1.68. The lowest BCUT2D eigenvalue weighted by Gasteiger charge is -2.45. The number of unbranched alkanes of at least 4 members (excludes halogenated alkanes) is 1. The van der Waals surface area contributed by atoms with Crippen molar-refractivity contribution >= 4 is 18.7 Å². The summed E-state index contributed by atoms with van der Waals surface area (Å²) in [6.45, 7) is 12.9. The third-order valence-electron chi connectivity index (χ3n) is 5.41. The fourth-order valence-corrected chi connectivity index (χ4v) is 8.82. The first-order chi connectivity index (χ1) is 13.3. The van der Waals surface area contributed by atoms with Crippen LogP contribution in [0.5, 0.6) is 0 Å². The van der Waals surface area contributed by atoms with Crippen molar-refractivity contribution in [3.63, 3.8) is 0 Å². The molecule has 0 unspecified atom stereocenters. The molecule has 0 heterocycles. The third-order valence-corrected chi connectivity index (χ3v) is 10.6. The van der Waals surface area contributed by atoms with Gasteiger partial charge in [-0.2, -0.15) is 0 Å². The maximum absolute atomic E-state index is 7.09. The number of benzene rings is 2. The summed E-state index contributed by atoms with van der Waals surface area (Å²) in [4.78, 5) is 0. The van der Waals surface area contributed by atoms with Crippen molar-refractivity contribution in [3.8, 4) is 0 Å². The lowest BCUT2D eigenvalue weighted by Crippen LogP contribution is -2.67. The highest BCUT2D eigenvalue weighted by Gasteiger charge is 2.50. The van der Waals surface area contributed by atoms with Crippen LogP contribution < -0.4 is 16.1 Å². The molecule has 0 saturated heterocycles. The van der Waals surface area contributed by atoms with E-state index in [9.17, 15) is 0 Å².